The second-order valence-electron chi connectivity index (χ2n) is 2.81. The van der Waals surface area contributed by atoms with Crippen molar-refractivity contribution in [2.24, 2.45) is 0 Å². The van der Waals surface area contributed by atoms with Crippen molar-refractivity contribution in [3.8, 4) is 0 Å². The minimum absolute atomic E-state index is 0.840. The van der Waals surface area contributed by atoms with E-state index < -0.39 is 0 Å². The number of anilines is 1. The second-order valence-corrected chi connectivity index (χ2v) is 2.81. The minimum atomic E-state index is 0.840. The summed E-state index contributed by atoms with van der Waals surface area (Å²) in [5.41, 5.74) is 2.41. The van der Waals surface area contributed by atoms with E-state index in [4.69, 9.17) is 0 Å². The van der Waals surface area contributed by atoms with Crippen molar-refractivity contribution < 1.29 is 0 Å². The smallest absolute Gasteiger partial charge is 0.0916 e. The number of aromatic nitrogens is 1. The molecular formula is C9H11N3. The number of nitrogens with one attached hydrogen (secondary N) is 1. The van der Waals surface area contributed by atoms with Crippen LogP contribution in [0.3, 0.4) is 0 Å². The zero-order chi connectivity index (χ0) is 8.39. The Morgan fingerprint density at radius 3 is 3.17 bits per heavy atom. The predicted molar refractivity (Wildman–Crippen MR) is 48.6 cm³/mol. The van der Waals surface area contributed by atoms with Crippen molar-refractivity contribution in [1.29, 1.82) is 0 Å². The molecule has 0 aliphatic carbocycles. The molecule has 2 rings (SSSR count). The predicted octanol–water partition coefficient (Wildman–Crippen LogP) is 1.23. The van der Waals surface area contributed by atoms with Crippen LogP contribution in [-0.2, 0) is 0 Å². The van der Waals surface area contributed by atoms with Crippen molar-refractivity contribution in [3.05, 3.63) is 36.4 Å². The molecule has 0 aromatic carbocycles. The van der Waals surface area contributed by atoms with E-state index in [1.54, 1.807) is 0 Å². The zero-order valence-electron chi connectivity index (χ0n) is 6.99. The molecule has 0 bridgehead atoms. The van der Waals surface area contributed by atoms with Crippen LogP contribution in [0.25, 0.3) is 0 Å². The SMILES string of the molecule is Cc1ccncc1N1C=CNC1. The molecule has 0 saturated heterocycles. The summed E-state index contributed by atoms with van der Waals surface area (Å²) >= 11 is 0. The molecule has 1 aliphatic heterocycles. The lowest BCUT2D eigenvalue weighted by molar-refractivity contribution is 0.894. The summed E-state index contributed by atoms with van der Waals surface area (Å²) < 4.78 is 0. The third kappa shape index (κ3) is 1.13. The van der Waals surface area contributed by atoms with Gasteiger partial charge in [0.1, 0.15) is 0 Å². The first kappa shape index (κ1) is 7.16. The number of hydrogen-bond donors (Lipinski definition) is 1. The Morgan fingerprint density at radius 2 is 2.50 bits per heavy atom. The third-order valence-electron chi connectivity index (χ3n) is 1.95. The van der Waals surface area contributed by atoms with Crippen molar-refractivity contribution >= 4 is 5.69 Å². The highest BCUT2D eigenvalue weighted by Gasteiger charge is 2.07. The van der Waals surface area contributed by atoms with Crippen molar-refractivity contribution in [2.45, 2.75) is 6.92 Å². The van der Waals surface area contributed by atoms with Gasteiger partial charge in [-0.05, 0) is 18.6 Å². The Hall–Kier alpha value is -1.51. The Kier molecular flexibility index (Phi) is 1.70. The van der Waals surface area contributed by atoms with E-state index in [9.17, 15) is 0 Å². The first-order chi connectivity index (χ1) is 5.88. The molecule has 12 heavy (non-hydrogen) atoms. The third-order valence-corrected chi connectivity index (χ3v) is 1.95. The fourth-order valence-electron chi connectivity index (χ4n) is 1.27. The molecule has 0 amide bonds. The molecule has 3 heteroatoms. The molecule has 1 aromatic rings. The van der Waals surface area contributed by atoms with Gasteiger partial charge < -0.3 is 10.2 Å². The van der Waals surface area contributed by atoms with Crippen LogP contribution in [0.4, 0.5) is 5.69 Å². The van der Waals surface area contributed by atoms with Gasteiger partial charge in [-0.1, -0.05) is 0 Å². The van der Waals surface area contributed by atoms with Gasteiger partial charge in [0.2, 0.25) is 0 Å². The summed E-state index contributed by atoms with van der Waals surface area (Å²) in [5.74, 6) is 0. The quantitative estimate of drug-likeness (QED) is 0.671. The first-order valence-corrected chi connectivity index (χ1v) is 3.95. The van der Waals surface area contributed by atoms with E-state index in [1.165, 1.54) is 11.3 Å². The number of nitrogens with zero attached hydrogens (tertiary/aromatic N) is 2. The van der Waals surface area contributed by atoms with Gasteiger partial charge in [0.05, 0.1) is 18.6 Å². The fraction of sp³-hybridized carbons (Fsp3) is 0.222. The lowest BCUT2D eigenvalue weighted by Gasteiger charge is -2.16. The maximum atomic E-state index is 4.09. The summed E-state index contributed by atoms with van der Waals surface area (Å²) in [7, 11) is 0. The Balaban J connectivity index is 2.33. The molecule has 0 radical (unpaired) electrons. The monoisotopic (exact) mass is 161 g/mol. The summed E-state index contributed by atoms with van der Waals surface area (Å²) in [6.45, 7) is 2.93. The van der Waals surface area contributed by atoms with Gasteiger partial charge in [0, 0.05) is 18.6 Å². The second kappa shape index (κ2) is 2.85. The van der Waals surface area contributed by atoms with Crippen LogP contribution in [0, 0.1) is 6.92 Å². The highest BCUT2D eigenvalue weighted by atomic mass is 15.2. The molecule has 0 spiro atoms. The standard InChI is InChI=1S/C9H11N3/c1-8-2-3-10-6-9(8)12-5-4-11-7-12/h2-6,11H,7H2,1H3. The van der Waals surface area contributed by atoms with Crippen LogP contribution in [-0.4, -0.2) is 11.7 Å². The van der Waals surface area contributed by atoms with Crippen LogP contribution < -0.4 is 10.2 Å². The lowest BCUT2D eigenvalue weighted by Crippen LogP contribution is -2.20. The molecule has 2 heterocycles. The van der Waals surface area contributed by atoms with Gasteiger partial charge in [0.25, 0.3) is 0 Å². The van der Waals surface area contributed by atoms with Gasteiger partial charge in [-0.2, -0.15) is 0 Å². The molecule has 3 nitrogen and oxygen atoms in total. The Morgan fingerprint density at radius 1 is 1.58 bits per heavy atom. The molecule has 1 aromatic heterocycles. The van der Waals surface area contributed by atoms with E-state index in [1.807, 2.05) is 30.9 Å². The van der Waals surface area contributed by atoms with Crippen LogP contribution in [0.1, 0.15) is 5.56 Å². The molecule has 62 valence electrons. The zero-order valence-corrected chi connectivity index (χ0v) is 6.99. The number of pyridine rings is 1. The van der Waals surface area contributed by atoms with E-state index in [0.717, 1.165) is 6.67 Å². The van der Waals surface area contributed by atoms with Crippen LogP contribution in [0.2, 0.25) is 0 Å². The highest BCUT2D eigenvalue weighted by molar-refractivity contribution is 5.54. The number of hydrogen-bond acceptors (Lipinski definition) is 3. The average Bonchev–Trinajstić information content (AvgIpc) is 2.57. The number of aryl methyl sites for hydroxylation is 1. The molecule has 0 fully saturated rings. The molecule has 0 unspecified atom stereocenters. The maximum Gasteiger partial charge on any atom is 0.0916 e. The van der Waals surface area contributed by atoms with Gasteiger partial charge in [-0.3, -0.25) is 4.98 Å². The summed E-state index contributed by atoms with van der Waals surface area (Å²) in [6, 6.07) is 2.02. The lowest BCUT2D eigenvalue weighted by atomic mass is 10.2. The van der Waals surface area contributed by atoms with Crippen molar-refractivity contribution in [3.63, 3.8) is 0 Å². The van der Waals surface area contributed by atoms with E-state index >= 15 is 0 Å². The van der Waals surface area contributed by atoms with Gasteiger partial charge in [-0.15, -0.1) is 0 Å². The Bertz CT molecular complexity index is 306. The van der Waals surface area contributed by atoms with E-state index in [-0.39, 0.29) is 0 Å². The summed E-state index contributed by atoms with van der Waals surface area (Å²) in [5, 5.41) is 3.12. The van der Waals surface area contributed by atoms with E-state index in [0.29, 0.717) is 0 Å². The van der Waals surface area contributed by atoms with Gasteiger partial charge in [-0.25, -0.2) is 0 Å². The molecule has 0 atom stereocenters. The van der Waals surface area contributed by atoms with Crippen LogP contribution >= 0.6 is 0 Å². The molecular weight excluding hydrogens is 150 g/mol. The van der Waals surface area contributed by atoms with Crippen molar-refractivity contribution in [2.75, 3.05) is 11.6 Å². The summed E-state index contributed by atoms with van der Waals surface area (Å²) in [4.78, 5) is 6.21. The summed E-state index contributed by atoms with van der Waals surface area (Å²) in [6.07, 6.45) is 7.65. The van der Waals surface area contributed by atoms with Gasteiger partial charge in [0.15, 0.2) is 0 Å². The highest BCUT2D eigenvalue weighted by Crippen LogP contribution is 2.18. The van der Waals surface area contributed by atoms with Gasteiger partial charge >= 0.3 is 0 Å². The maximum absolute atomic E-state index is 4.09. The molecule has 0 saturated carbocycles. The van der Waals surface area contributed by atoms with Crippen molar-refractivity contribution in [1.82, 2.24) is 10.3 Å². The molecule has 1 aliphatic rings. The fourth-order valence-corrected chi connectivity index (χ4v) is 1.27. The van der Waals surface area contributed by atoms with E-state index in [2.05, 4.69) is 22.1 Å². The van der Waals surface area contributed by atoms with Crippen LogP contribution in [0.15, 0.2) is 30.9 Å². The normalized spacial score (nSPS) is 14.9. The largest absolute Gasteiger partial charge is 0.372 e. The molecule has 1 N–H and O–H groups in total. The number of rotatable bonds is 1. The Labute approximate surface area is 71.7 Å². The van der Waals surface area contributed by atoms with Crippen LogP contribution in [0.5, 0.6) is 0 Å². The topological polar surface area (TPSA) is 28.2 Å². The average molecular weight is 161 g/mol. The minimum Gasteiger partial charge on any atom is -0.372 e. The first-order valence-electron chi connectivity index (χ1n) is 3.95.